The minimum Gasteiger partial charge on any atom is -0.444 e. The van der Waals surface area contributed by atoms with E-state index in [2.05, 4.69) is 10.6 Å². The summed E-state index contributed by atoms with van der Waals surface area (Å²) < 4.78 is 5.48. The van der Waals surface area contributed by atoms with Gasteiger partial charge in [-0.2, -0.15) is 0 Å². The minimum absolute atomic E-state index is 0.171. The third kappa shape index (κ3) is 4.59. The van der Waals surface area contributed by atoms with Crippen molar-refractivity contribution in [3.63, 3.8) is 0 Å². The fourth-order valence-electron chi connectivity index (χ4n) is 3.03. The van der Waals surface area contributed by atoms with Crippen LogP contribution in [-0.2, 0) is 17.7 Å². The topological polar surface area (TPSA) is 70.7 Å². The Hall–Kier alpha value is -2.25. The first-order valence-electron chi connectivity index (χ1n) is 9.05. The summed E-state index contributed by atoms with van der Waals surface area (Å²) in [5.74, 6) is -0.171. The van der Waals surface area contributed by atoms with Crippen molar-refractivity contribution in [2.75, 3.05) is 24.2 Å². The number of thiophene rings is 1. The van der Waals surface area contributed by atoms with Crippen molar-refractivity contribution in [1.29, 1.82) is 0 Å². The van der Waals surface area contributed by atoms with Gasteiger partial charge in [0, 0.05) is 29.2 Å². The van der Waals surface area contributed by atoms with Crippen LogP contribution in [0.2, 0.25) is 5.02 Å². The second-order valence-electron chi connectivity index (χ2n) is 7.57. The smallest absolute Gasteiger partial charge is 0.410 e. The summed E-state index contributed by atoms with van der Waals surface area (Å²) in [5, 5.41) is 7.45. The van der Waals surface area contributed by atoms with Gasteiger partial charge in [0.2, 0.25) is 0 Å². The van der Waals surface area contributed by atoms with Gasteiger partial charge in [-0.05, 0) is 57.0 Å². The number of rotatable bonds is 3. The quantitative estimate of drug-likeness (QED) is 0.732. The van der Waals surface area contributed by atoms with E-state index in [0.29, 0.717) is 35.8 Å². The largest absolute Gasteiger partial charge is 0.444 e. The van der Waals surface area contributed by atoms with Crippen LogP contribution >= 0.6 is 22.9 Å². The first kappa shape index (κ1) is 20.5. The van der Waals surface area contributed by atoms with Gasteiger partial charge in [0.25, 0.3) is 5.91 Å². The first-order valence-corrected chi connectivity index (χ1v) is 10.2. The number of nitrogens with one attached hydrogen (secondary N) is 2. The Morgan fingerprint density at radius 1 is 1.21 bits per heavy atom. The van der Waals surface area contributed by atoms with E-state index in [1.165, 1.54) is 11.3 Å². The van der Waals surface area contributed by atoms with Crippen LogP contribution in [0.4, 0.5) is 15.5 Å². The van der Waals surface area contributed by atoms with Crippen molar-refractivity contribution in [2.45, 2.75) is 39.3 Å². The second kappa shape index (κ2) is 8.01. The molecule has 1 aromatic carbocycles. The molecule has 1 aliphatic rings. The number of hydrogen-bond acceptors (Lipinski definition) is 5. The van der Waals surface area contributed by atoms with Gasteiger partial charge in [-0.25, -0.2) is 4.79 Å². The molecule has 1 aliphatic heterocycles. The normalized spacial score (nSPS) is 13.7. The molecule has 0 spiro atoms. The number of anilines is 2. The first-order chi connectivity index (χ1) is 13.2. The molecule has 6 nitrogen and oxygen atoms in total. The zero-order valence-electron chi connectivity index (χ0n) is 16.4. The van der Waals surface area contributed by atoms with Gasteiger partial charge in [0.1, 0.15) is 10.6 Å². The van der Waals surface area contributed by atoms with Crippen LogP contribution < -0.4 is 10.6 Å². The lowest BCUT2D eigenvalue weighted by Gasteiger charge is -2.30. The Morgan fingerprint density at radius 3 is 2.50 bits per heavy atom. The van der Waals surface area contributed by atoms with Crippen molar-refractivity contribution < 1.29 is 14.3 Å². The number of halogens is 1. The standard InChI is InChI=1S/C20H24ClN3O3S/c1-20(2,3)27-19(26)24-10-9-14-15(11-24)28-18(22-4)16(14)17(25)23-13-7-5-12(21)6-8-13/h5-8,22H,9-11H2,1-4H3,(H,23,25). The van der Waals surface area contributed by atoms with Crippen molar-refractivity contribution in [3.8, 4) is 0 Å². The Kier molecular flexibility index (Phi) is 5.86. The third-order valence-electron chi connectivity index (χ3n) is 4.26. The molecule has 0 saturated heterocycles. The van der Waals surface area contributed by atoms with Gasteiger partial charge < -0.3 is 20.3 Å². The van der Waals surface area contributed by atoms with Crippen LogP contribution in [0.15, 0.2) is 24.3 Å². The van der Waals surface area contributed by atoms with E-state index >= 15 is 0 Å². The number of ether oxygens (including phenoxy) is 1. The molecule has 2 N–H and O–H groups in total. The molecule has 8 heteroatoms. The van der Waals surface area contributed by atoms with Crippen LogP contribution in [0, 0.1) is 0 Å². The Bertz CT molecular complexity index is 887. The highest BCUT2D eigenvalue weighted by Gasteiger charge is 2.31. The number of carbonyl (C=O) groups excluding carboxylic acids is 2. The van der Waals surface area contributed by atoms with E-state index in [1.807, 2.05) is 20.8 Å². The van der Waals surface area contributed by atoms with Gasteiger partial charge >= 0.3 is 6.09 Å². The Labute approximate surface area is 173 Å². The van der Waals surface area contributed by atoms with Crippen LogP contribution in [0.25, 0.3) is 0 Å². The highest BCUT2D eigenvalue weighted by Crippen LogP contribution is 2.37. The molecule has 0 saturated carbocycles. The fourth-order valence-corrected chi connectivity index (χ4v) is 4.37. The second-order valence-corrected chi connectivity index (χ2v) is 9.11. The van der Waals surface area contributed by atoms with E-state index in [4.69, 9.17) is 16.3 Å². The van der Waals surface area contributed by atoms with Gasteiger partial charge in [-0.15, -0.1) is 11.3 Å². The van der Waals surface area contributed by atoms with E-state index in [0.717, 1.165) is 15.4 Å². The molecule has 2 amide bonds. The molecule has 1 aromatic heterocycles. The van der Waals surface area contributed by atoms with E-state index < -0.39 is 5.60 Å². The molecular weight excluding hydrogens is 398 g/mol. The summed E-state index contributed by atoms with van der Waals surface area (Å²) in [6.07, 6.45) is 0.278. The number of benzene rings is 1. The summed E-state index contributed by atoms with van der Waals surface area (Å²) in [6.45, 7) is 6.51. The summed E-state index contributed by atoms with van der Waals surface area (Å²) in [4.78, 5) is 28.0. The predicted molar refractivity (Wildman–Crippen MR) is 114 cm³/mol. The molecule has 0 unspecified atom stereocenters. The zero-order valence-corrected chi connectivity index (χ0v) is 18.0. The Morgan fingerprint density at radius 2 is 1.89 bits per heavy atom. The van der Waals surface area contributed by atoms with Crippen molar-refractivity contribution >= 4 is 45.6 Å². The van der Waals surface area contributed by atoms with Gasteiger partial charge in [-0.3, -0.25) is 4.79 Å². The van der Waals surface area contributed by atoms with Crippen molar-refractivity contribution in [2.24, 2.45) is 0 Å². The minimum atomic E-state index is -0.535. The number of hydrogen-bond donors (Lipinski definition) is 2. The summed E-state index contributed by atoms with van der Waals surface area (Å²) in [5.41, 5.74) is 1.77. The predicted octanol–water partition coefficient (Wildman–Crippen LogP) is 4.99. The number of fused-ring (bicyclic) bond motifs is 1. The molecule has 2 heterocycles. The number of nitrogens with zero attached hydrogens (tertiary/aromatic N) is 1. The van der Waals surface area contributed by atoms with Gasteiger partial charge in [0.05, 0.1) is 12.1 Å². The molecule has 150 valence electrons. The molecule has 2 aromatic rings. The van der Waals surface area contributed by atoms with Gasteiger partial charge in [0.15, 0.2) is 0 Å². The third-order valence-corrected chi connectivity index (χ3v) is 5.75. The molecule has 28 heavy (non-hydrogen) atoms. The molecular formula is C20H24ClN3O3S. The lowest BCUT2D eigenvalue weighted by Crippen LogP contribution is -2.39. The highest BCUT2D eigenvalue weighted by molar-refractivity contribution is 7.16. The number of amides is 2. The lowest BCUT2D eigenvalue weighted by molar-refractivity contribution is 0.0226. The molecule has 0 radical (unpaired) electrons. The lowest BCUT2D eigenvalue weighted by atomic mass is 10.0. The van der Waals surface area contributed by atoms with Crippen LogP contribution in [0.5, 0.6) is 0 Å². The number of carbonyl (C=O) groups is 2. The highest BCUT2D eigenvalue weighted by atomic mass is 35.5. The van der Waals surface area contributed by atoms with E-state index in [9.17, 15) is 9.59 Å². The molecule has 0 bridgehead atoms. The fraction of sp³-hybridized carbons (Fsp3) is 0.400. The van der Waals surface area contributed by atoms with E-state index in [1.54, 1.807) is 36.2 Å². The van der Waals surface area contributed by atoms with Crippen LogP contribution in [-0.4, -0.2) is 36.1 Å². The summed E-state index contributed by atoms with van der Waals surface area (Å²) in [7, 11) is 1.79. The maximum Gasteiger partial charge on any atom is 0.410 e. The summed E-state index contributed by atoms with van der Waals surface area (Å²) >= 11 is 7.41. The monoisotopic (exact) mass is 421 g/mol. The average molecular weight is 422 g/mol. The SMILES string of the molecule is CNc1sc2c(c1C(=O)Nc1ccc(Cl)cc1)CCN(C(=O)OC(C)(C)C)C2. The van der Waals surface area contributed by atoms with Crippen LogP contribution in [0.3, 0.4) is 0 Å². The Balaban J connectivity index is 1.81. The molecule has 0 fully saturated rings. The van der Waals surface area contributed by atoms with E-state index in [-0.39, 0.29) is 12.0 Å². The van der Waals surface area contributed by atoms with Crippen molar-refractivity contribution in [1.82, 2.24) is 4.90 Å². The maximum atomic E-state index is 12.9. The zero-order chi connectivity index (χ0) is 20.5. The average Bonchev–Trinajstić information content (AvgIpc) is 3.00. The molecule has 0 atom stereocenters. The molecule has 0 aliphatic carbocycles. The van der Waals surface area contributed by atoms with Crippen LogP contribution in [0.1, 0.15) is 41.6 Å². The molecule has 3 rings (SSSR count). The summed E-state index contributed by atoms with van der Waals surface area (Å²) in [6, 6.07) is 7.00. The van der Waals surface area contributed by atoms with Crippen molar-refractivity contribution in [3.05, 3.63) is 45.3 Å². The van der Waals surface area contributed by atoms with Gasteiger partial charge in [-0.1, -0.05) is 11.6 Å². The maximum absolute atomic E-state index is 12.9.